The third kappa shape index (κ3) is 2.94. The third-order valence-corrected chi connectivity index (χ3v) is 3.94. The maximum atomic E-state index is 10.2. The van der Waals surface area contributed by atoms with Crippen LogP contribution >= 0.6 is 0 Å². The molecular weight excluding hydrogens is 186 g/mol. The maximum absolute atomic E-state index is 10.2. The lowest BCUT2D eigenvalue weighted by Gasteiger charge is -2.46. The van der Waals surface area contributed by atoms with E-state index in [0.29, 0.717) is 12.1 Å². The molecule has 0 amide bonds. The lowest BCUT2D eigenvalue weighted by molar-refractivity contribution is -0.0193. The average molecular weight is 213 g/mol. The second-order valence-electron chi connectivity index (χ2n) is 5.55. The molecule has 2 nitrogen and oxygen atoms in total. The zero-order chi connectivity index (χ0) is 11.5. The maximum Gasteiger partial charge on any atom is 0.0606 e. The Morgan fingerprint density at radius 1 is 1.40 bits per heavy atom. The molecule has 1 aliphatic carbocycles. The van der Waals surface area contributed by atoms with Crippen LogP contribution in [0.4, 0.5) is 0 Å². The van der Waals surface area contributed by atoms with E-state index in [9.17, 15) is 5.11 Å². The Morgan fingerprint density at radius 2 is 2.07 bits per heavy atom. The van der Waals surface area contributed by atoms with Gasteiger partial charge in [0.05, 0.1) is 6.10 Å². The van der Waals surface area contributed by atoms with E-state index in [-0.39, 0.29) is 11.5 Å². The highest BCUT2D eigenvalue weighted by Crippen LogP contribution is 2.40. The minimum Gasteiger partial charge on any atom is -0.393 e. The van der Waals surface area contributed by atoms with Crippen molar-refractivity contribution in [1.82, 2.24) is 5.32 Å². The molecule has 1 aliphatic rings. The number of aliphatic hydroxyl groups excluding tert-OH is 1. The van der Waals surface area contributed by atoms with Gasteiger partial charge < -0.3 is 10.4 Å². The van der Waals surface area contributed by atoms with Crippen molar-refractivity contribution in [2.24, 2.45) is 5.41 Å². The molecule has 0 bridgehead atoms. The molecule has 0 heterocycles. The van der Waals surface area contributed by atoms with Gasteiger partial charge in [0.2, 0.25) is 0 Å². The molecule has 15 heavy (non-hydrogen) atoms. The van der Waals surface area contributed by atoms with E-state index in [0.717, 1.165) is 12.8 Å². The molecule has 90 valence electrons. The fourth-order valence-electron chi connectivity index (χ4n) is 2.90. The highest BCUT2D eigenvalue weighted by molar-refractivity contribution is 4.96. The first-order chi connectivity index (χ1) is 7.00. The second-order valence-corrected chi connectivity index (χ2v) is 5.55. The minimum atomic E-state index is -0.158. The van der Waals surface area contributed by atoms with E-state index in [2.05, 4.69) is 33.0 Å². The van der Waals surface area contributed by atoms with Crippen LogP contribution in [0.3, 0.4) is 0 Å². The van der Waals surface area contributed by atoms with Gasteiger partial charge in [-0.3, -0.25) is 0 Å². The van der Waals surface area contributed by atoms with Crippen LogP contribution in [-0.2, 0) is 0 Å². The van der Waals surface area contributed by atoms with Crippen LogP contribution in [-0.4, -0.2) is 23.3 Å². The molecule has 0 radical (unpaired) electrons. The van der Waals surface area contributed by atoms with Gasteiger partial charge in [0, 0.05) is 17.5 Å². The van der Waals surface area contributed by atoms with Crippen molar-refractivity contribution in [2.75, 3.05) is 0 Å². The molecule has 1 rings (SSSR count). The number of rotatable bonds is 4. The Kier molecular flexibility index (Phi) is 4.60. The molecule has 0 aromatic rings. The molecule has 2 heteroatoms. The molecule has 1 fully saturated rings. The van der Waals surface area contributed by atoms with E-state index in [4.69, 9.17) is 0 Å². The number of hydrogen-bond donors (Lipinski definition) is 2. The third-order valence-electron chi connectivity index (χ3n) is 3.94. The highest BCUT2D eigenvalue weighted by Gasteiger charge is 2.41. The van der Waals surface area contributed by atoms with Crippen molar-refractivity contribution < 1.29 is 5.11 Å². The van der Waals surface area contributed by atoms with Gasteiger partial charge >= 0.3 is 0 Å². The van der Waals surface area contributed by atoms with E-state index in [1.165, 1.54) is 19.3 Å². The zero-order valence-corrected chi connectivity index (χ0v) is 10.7. The molecule has 0 aromatic heterocycles. The van der Waals surface area contributed by atoms with Gasteiger partial charge in [0.15, 0.2) is 0 Å². The van der Waals surface area contributed by atoms with Crippen LogP contribution in [0.1, 0.15) is 59.8 Å². The Bertz CT molecular complexity index is 193. The molecule has 2 N–H and O–H groups in total. The van der Waals surface area contributed by atoms with Crippen molar-refractivity contribution >= 4 is 0 Å². The Balaban J connectivity index is 2.71. The predicted molar refractivity (Wildman–Crippen MR) is 64.9 cm³/mol. The Morgan fingerprint density at radius 3 is 2.60 bits per heavy atom. The largest absolute Gasteiger partial charge is 0.393 e. The van der Waals surface area contributed by atoms with Crippen molar-refractivity contribution in [2.45, 2.75) is 78.0 Å². The minimum absolute atomic E-state index is 0.0806. The topological polar surface area (TPSA) is 32.3 Å². The SMILES string of the molecule is CCC(O)C1(C)CCCCC1NC(C)C. The summed E-state index contributed by atoms with van der Waals surface area (Å²) in [5, 5.41) is 13.8. The summed E-state index contributed by atoms with van der Waals surface area (Å²) in [5.74, 6) is 0. The van der Waals surface area contributed by atoms with E-state index >= 15 is 0 Å². The van der Waals surface area contributed by atoms with Crippen LogP contribution in [0.5, 0.6) is 0 Å². The van der Waals surface area contributed by atoms with Crippen LogP contribution in [0.15, 0.2) is 0 Å². The van der Waals surface area contributed by atoms with Crippen LogP contribution in [0.2, 0.25) is 0 Å². The summed E-state index contributed by atoms with van der Waals surface area (Å²) in [6.07, 6.45) is 5.65. The second kappa shape index (κ2) is 5.31. The quantitative estimate of drug-likeness (QED) is 0.752. The molecule has 1 saturated carbocycles. The lowest BCUT2D eigenvalue weighted by atomic mass is 9.67. The number of aliphatic hydroxyl groups is 1. The van der Waals surface area contributed by atoms with Gasteiger partial charge in [-0.15, -0.1) is 0 Å². The first-order valence-corrected chi connectivity index (χ1v) is 6.44. The van der Waals surface area contributed by atoms with Gasteiger partial charge in [-0.1, -0.05) is 40.5 Å². The molecular formula is C13H27NO. The monoisotopic (exact) mass is 213 g/mol. The smallest absolute Gasteiger partial charge is 0.0606 e. The van der Waals surface area contributed by atoms with Crippen LogP contribution in [0, 0.1) is 5.41 Å². The molecule has 0 saturated heterocycles. The summed E-state index contributed by atoms with van der Waals surface area (Å²) in [4.78, 5) is 0. The number of nitrogens with one attached hydrogen (secondary N) is 1. The molecule has 3 unspecified atom stereocenters. The highest BCUT2D eigenvalue weighted by atomic mass is 16.3. The first-order valence-electron chi connectivity index (χ1n) is 6.44. The Hall–Kier alpha value is -0.0800. The van der Waals surface area contributed by atoms with E-state index in [1.807, 2.05) is 0 Å². The average Bonchev–Trinajstić information content (AvgIpc) is 2.20. The van der Waals surface area contributed by atoms with Gasteiger partial charge in [-0.05, 0) is 19.3 Å². The van der Waals surface area contributed by atoms with Gasteiger partial charge in [-0.25, -0.2) is 0 Å². The van der Waals surface area contributed by atoms with Crippen molar-refractivity contribution in [3.63, 3.8) is 0 Å². The van der Waals surface area contributed by atoms with E-state index in [1.54, 1.807) is 0 Å². The predicted octanol–water partition coefficient (Wildman–Crippen LogP) is 2.70. The first kappa shape index (κ1) is 13.0. The van der Waals surface area contributed by atoms with Crippen LogP contribution in [0.25, 0.3) is 0 Å². The summed E-state index contributed by atoms with van der Waals surface area (Å²) in [7, 11) is 0. The summed E-state index contributed by atoms with van der Waals surface area (Å²) in [6.45, 7) is 8.71. The fourth-order valence-corrected chi connectivity index (χ4v) is 2.90. The summed E-state index contributed by atoms with van der Waals surface area (Å²) >= 11 is 0. The molecule has 0 aliphatic heterocycles. The fraction of sp³-hybridized carbons (Fsp3) is 1.00. The summed E-state index contributed by atoms with van der Waals surface area (Å²) in [6, 6.07) is 0.998. The van der Waals surface area contributed by atoms with Crippen LogP contribution < -0.4 is 5.32 Å². The van der Waals surface area contributed by atoms with Crippen molar-refractivity contribution in [3.8, 4) is 0 Å². The summed E-state index contributed by atoms with van der Waals surface area (Å²) in [5.41, 5.74) is 0.0806. The molecule has 0 aromatic carbocycles. The zero-order valence-electron chi connectivity index (χ0n) is 10.7. The van der Waals surface area contributed by atoms with Crippen molar-refractivity contribution in [3.05, 3.63) is 0 Å². The molecule has 3 atom stereocenters. The number of hydrogen-bond acceptors (Lipinski definition) is 2. The van der Waals surface area contributed by atoms with Gasteiger partial charge in [-0.2, -0.15) is 0 Å². The van der Waals surface area contributed by atoms with E-state index < -0.39 is 0 Å². The van der Waals surface area contributed by atoms with Gasteiger partial charge in [0.1, 0.15) is 0 Å². The van der Waals surface area contributed by atoms with Gasteiger partial charge in [0.25, 0.3) is 0 Å². The Labute approximate surface area is 94.5 Å². The molecule has 0 spiro atoms. The summed E-state index contributed by atoms with van der Waals surface area (Å²) < 4.78 is 0. The lowest BCUT2D eigenvalue weighted by Crippen LogP contribution is -2.53. The van der Waals surface area contributed by atoms with Crippen molar-refractivity contribution in [1.29, 1.82) is 0 Å². The standard InChI is InChI=1S/C13H27NO/c1-5-12(15)13(4)9-7-6-8-11(13)14-10(2)3/h10-12,14-15H,5-9H2,1-4H3. The normalized spacial score (nSPS) is 34.4.